The number of carboxylic acid groups (broad SMARTS) is 1. The maximum absolute atomic E-state index is 12.6. The fraction of sp³-hybridized carbons (Fsp3) is 0.304. The Labute approximate surface area is 169 Å². The van der Waals surface area contributed by atoms with Crippen LogP contribution in [0.15, 0.2) is 54.6 Å². The Bertz CT molecular complexity index is 1010. The number of hydrogen-bond donors (Lipinski definition) is 1. The highest BCUT2D eigenvalue weighted by molar-refractivity contribution is 6.01. The highest BCUT2D eigenvalue weighted by Gasteiger charge is 2.22. The second-order valence-corrected chi connectivity index (χ2v) is 8.09. The highest BCUT2D eigenvalue weighted by Crippen LogP contribution is 2.26. The van der Waals surface area contributed by atoms with Crippen LogP contribution in [0.5, 0.6) is 5.75 Å². The number of fused-ring (bicyclic) bond motifs is 1. The Balaban J connectivity index is 1.82. The number of rotatable bonds is 6. The first-order valence-electron chi connectivity index (χ1n) is 9.47. The summed E-state index contributed by atoms with van der Waals surface area (Å²) in [5.41, 5.74) is 1.37. The van der Waals surface area contributed by atoms with E-state index in [0.29, 0.717) is 29.7 Å². The molecule has 1 heterocycles. The summed E-state index contributed by atoms with van der Waals surface area (Å²) in [7, 11) is 0. The van der Waals surface area contributed by atoms with Gasteiger partial charge in [-0.25, -0.2) is 14.2 Å². The number of carbonyl (C=O) groups is 2. The summed E-state index contributed by atoms with van der Waals surface area (Å²) in [4.78, 5) is 24.2. The zero-order chi connectivity index (χ0) is 21.0. The topological polar surface area (TPSA) is 77.8 Å². The predicted octanol–water partition coefficient (Wildman–Crippen LogP) is 5.34. The van der Waals surface area contributed by atoms with E-state index in [2.05, 4.69) is 0 Å². The van der Waals surface area contributed by atoms with Crippen LogP contribution in [0.2, 0.25) is 0 Å². The third kappa shape index (κ3) is 5.16. The first kappa shape index (κ1) is 20.5. The van der Waals surface area contributed by atoms with Crippen molar-refractivity contribution in [1.29, 1.82) is 0 Å². The van der Waals surface area contributed by atoms with Crippen molar-refractivity contribution in [3.8, 4) is 5.75 Å². The van der Waals surface area contributed by atoms with Gasteiger partial charge >= 0.3 is 12.1 Å². The lowest BCUT2D eigenvalue weighted by Gasteiger charge is -2.17. The van der Waals surface area contributed by atoms with Crippen molar-refractivity contribution in [2.24, 2.45) is 5.41 Å². The van der Waals surface area contributed by atoms with Gasteiger partial charge in [-0.2, -0.15) is 0 Å². The normalized spacial score (nSPS) is 11.4. The lowest BCUT2D eigenvalue weighted by atomic mass is 9.93. The highest BCUT2D eigenvalue weighted by atomic mass is 16.5. The summed E-state index contributed by atoms with van der Waals surface area (Å²) in [6.45, 7) is 6.76. The summed E-state index contributed by atoms with van der Waals surface area (Å²) in [5, 5.41) is 10.1. The van der Waals surface area contributed by atoms with Gasteiger partial charge in [0.25, 0.3) is 0 Å². The molecule has 0 bridgehead atoms. The molecule has 152 valence electrons. The molecule has 6 heteroatoms. The van der Waals surface area contributed by atoms with Gasteiger partial charge in [0.1, 0.15) is 18.1 Å². The van der Waals surface area contributed by atoms with Crippen molar-refractivity contribution >= 4 is 23.0 Å². The summed E-state index contributed by atoms with van der Waals surface area (Å²) in [6, 6.07) is 16.3. The molecule has 0 unspecified atom stereocenters. The third-order valence-corrected chi connectivity index (χ3v) is 4.50. The lowest BCUT2D eigenvalue weighted by molar-refractivity contribution is 0.0680. The van der Waals surface area contributed by atoms with Crippen LogP contribution in [0, 0.1) is 5.41 Å². The van der Waals surface area contributed by atoms with Gasteiger partial charge in [-0.1, -0.05) is 51.1 Å². The van der Waals surface area contributed by atoms with Gasteiger partial charge in [0.2, 0.25) is 0 Å². The van der Waals surface area contributed by atoms with E-state index in [1.807, 2.05) is 51.1 Å². The van der Waals surface area contributed by atoms with Crippen LogP contribution in [-0.4, -0.2) is 28.3 Å². The van der Waals surface area contributed by atoms with Crippen molar-refractivity contribution in [1.82, 2.24) is 4.57 Å². The van der Waals surface area contributed by atoms with Crippen LogP contribution >= 0.6 is 0 Å². The molecule has 0 aliphatic heterocycles. The predicted molar refractivity (Wildman–Crippen MR) is 110 cm³/mol. The van der Waals surface area contributed by atoms with Crippen molar-refractivity contribution in [3.05, 3.63) is 65.9 Å². The first-order valence-corrected chi connectivity index (χ1v) is 9.47. The third-order valence-electron chi connectivity index (χ3n) is 4.50. The Kier molecular flexibility index (Phi) is 5.92. The summed E-state index contributed by atoms with van der Waals surface area (Å²) >= 11 is 0. The second-order valence-electron chi connectivity index (χ2n) is 8.09. The molecule has 1 aromatic heterocycles. The molecule has 0 atom stereocenters. The van der Waals surface area contributed by atoms with E-state index >= 15 is 0 Å². The van der Waals surface area contributed by atoms with Crippen molar-refractivity contribution in [3.63, 3.8) is 0 Å². The maximum atomic E-state index is 12.6. The van der Waals surface area contributed by atoms with Crippen LogP contribution in [0.4, 0.5) is 4.79 Å². The van der Waals surface area contributed by atoms with Gasteiger partial charge in [0.15, 0.2) is 0 Å². The minimum Gasteiger partial charge on any atom is -0.489 e. The molecule has 6 nitrogen and oxygen atoms in total. The van der Waals surface area contributed by atoms with E-state index in [1.165, 1.54) is 6.07 Å². The van der Waals surface area contributed by atoms with Gasteiger partial charge in [-0.3, -0.25) is 0 Å². The first-order chi connectivity index (χ1) is 13.7. The maximum Gasteiger partial charge on any atom is 0.419 e. The number of carbonyl (C=O) groups excluding carboxylic acids is 1. The Morgan fingerprint density at radius 1 is 1.03 bits per heavy atom. The molecular weight excluding hydrogens is 370 g/mol. The van der Waals surface area contributed by atoms with E-state index in [0.717, 1.165) is 10.1 Å². The van der Waals surface area contributed by atoms with Crippen LogP contribution < -0.4 is 4.74 Å². The molecule has 0 aliphatic rings. The van der Waals surface area contributed by atoms with Gasteiger partial charge in [0.05, 0.1) is 12.1 Å². The van der Waals surface area contributed by atoms with Gasteiger partial charge < -0.3 is 14.6 Å². The summed E-state index contributed by atoms with van der Waals surface area (Å²) < 4.78 is 12.2. The van der Waals surface area contributed by atoms with Crippen LogP contribution in [0.1, 0.15) is 43.2 Å². The number of aromatic nitrogens is 1. The number of nitrogens with zero attached hydrogens (tertiary/aromatic N) is 1. The van der Waals surface area contributed by atoms with Gasteiger partial charge in [0, 0.05) is 5.39 Å². The molecule has 1 N–H and O–H groups in total. The van der Waals surface area contributed by atoms with Crippen molar-refractivity contribution < 1.29 is 24.2 Å². The molecule has 3 rings (SSSR count). The van der Waals surface area contributed by atoms with Crippen LogP contribution in [-0.2, 0) is 11.3 Å². The largest absolute Gasteiger partial charge is 0.489 e. The molecule has 0 saturated heterocycles. The molecule has 0 fully saturated rings. The van der Waals surface area contributed by atoms with Gasteiger partial charge in [-0.05, 0) is 41.7 Å². The fourth-order valence-electron chi connectivity index (χ4n) is 2.89. The zero-order valence-electron chi connectivity index (χ0n) is 16.8. The molecule has 3 aromatic rings. The van der Waals surface area contributed by atoms with E-state index in [9.17, 15) is 14.7 Å². The van der Waals surface area contributed by atoms with Crippen LogP contribution in [0.3, 0.4) is 0 Å². The number of aromatic carboxylic acids is 1. The molecule has 29 heavy (non-hydrogen) atoms. The van der Waals surface area contributed by atoms with Gasteiger partial charge in [-0.15, -0.1) is 0 Å². The number of benzene rings is 2. The molecule has 0 aliphatic carbocycles. The molecule has 0 amide bonds. The molecule has 2 aromatic carbocycles. The Morgan fingerprint density at radius 2 is 1.76 bits per heavy atom. The molecule has 0 spiro atoms. The summed E-state index contributed by atoms with van der Waals surface area (Å²) in [6.07, 6.45) is -0.0164. The van der Waals surface area contributed by atoms with E-state index in [4.69, 9.17) is 9.47 Å². The standard InChI is InChI=1S/C23H25NO5/c1-23(2,3)11-12-28-22(27)24-19-10-9-18(13-17(19)14-20(24)21(25)26)29-15-16-7-5-4-6-8-16/h4-10,13-14H,11-12,15H2,1-3H3,(H,25,26). The van der Waals surface area contributed by atoms with E-state index in [-0.39, 0.29) is 17.7 Å². The number of hydrogen-bond acceptors (Lipinski definition) is 4. The van der Waals surface area contributed by atoms with Crippen molar-refractivity contribution in [2.75, 3.05) is 6.61 Å². The minimum atomic E-state index is -1.19. The Morgan fingerprint density at radius 3 is 2.41 bits per heavy atom. The number of carboxylic acids is 1. The van der Waals surface area contributed by atoms with E-state index in [1.54, 1.807) is 18.2 Å². The second kappa shape index (κ2) is 8.39. The zero-order valence-corrected chi connectivity index (χ0v) is 16.8. The molecule has 0 radical (unpaired) electrons. The smallest absolute Gasteiger partial charge is 0.419 e. The van der Waals surface area contributed by atoms with E-state index < -0.39 is 12.1 Å². The molecular formula is C23H25NO5. The lowest BCUT2D eigenvalue weighted by Crippen LogP contribution is -2.20. The SMILES string of the molecule is CC(C)(C)CCOC(=O)n1c(C(=O)O)cc2cc(OCc3ccccc3)ccc21. The van der Waals surface area contributed by atoms with Crippen LogP contribution in [0.25, 0.3) is 10.9 Å². The molecule has 0 saturated carbocycles. The number of ether oxygens (including phenoxy) is 2. The Hall–Kier alpha value is -3.28. The average molecular weight is 395 g/mol. The minimum absolute atomic E-state index is 0.0135. The fourth-order valence-corrected chi connectivity index (χ4v) is 2.89. The van der Waals surface area contributed by atoms with Crippen molar-refractivity contribution in [2.45, 2.75) is 33.8 Å². The average Bonchev–Trinajstić information content (AvgIpc) is 3.05. The summed E-state index contributed by atoms with van der Waals surface area (Å²) in [5.74, 6) is -0.600. The monoisotopic (exact) mass is 395 g/mol. The quantitative estimate of drug-likeness (QED) is 0.610.